The van der Waals surface area contributed by atoms with Crippen molar-refractivity contribution < 1.29 is 19.1 Å². The number of ether oxygens (including phenoxy) is 2. The molecule has 4 N–H and O–H groups in total. The fourth-order valence-electron chi connectivity index (χ4n) is 12.7. The summed E-state index contributed by atoms with van der Waals surface area (Å²) in [6.45, 7) is 42.9. The molecule has 4 aromatic rings. The maximum absolute atomic E-state index is 12.5. The number of allylic oxidation sites excluding steroid dienone is 4. The SMILES string of the molecule is CCC1=C(C)C(=O)N=C1/C=c1\[nH]/c(=C\c2[nH]c(/C=C3/N=C(O[C@H](C[C@@H](OC4=N/C(=C\c5[nH]c(/C=c6\[nH]/c(=C/C7=NC(=O)C(C)=C7CC)c(C)c6CC)c(CC)c5C)C(CC)=C4C)C(C)C)C(C)C)C(C)=C3CC)c(C)c2CC)c(CC)c1C. The molecule has 0 aromatic carbocycles. The Morgan fingerprint density at radius 3 is 1.04 bits per heavy atom. The first-order valence-corrected chi connectivity index (χ1v) is 30.8. The van der Waals surface area contributed by atoms with Crippen LogP contribution in [-0.4, -0.2) is 67.2 Å². The van der Waals surface area contributed by atoms with E-state index in [4.69, 9.17) is 19.5 Å². The summed E-state index contributed by atoms with van der Waals surface area (Å²) >= 11 is 0. The lowest BCUT2D eigenvalue weighted by atomic mass is 9.94. The normalized spacial score (nSPS) is 18.7. The highest BCUT2D eigenvalue weighted by Crippen LogP contribution is 2.36. The van der Waals surface area contributed by atoms with Crippen LogP contribution < -0.4 is 21.4 Å². The number of carbonyl (C=O) groups excluding carboxylic acids is 2. The van der Waals surface area contributed by atoms with Gasteiger partial charge in [-0.15, -0.1) is 0 Å². The topological polar surface area (TPSA) is 165 Å². The molecule has 0 spiro atoms. The fourth-order valence-corrected chi connectivity index (χ4v) is 12.7. The number of amides is 2. The highest BCUT2D eigenvalue weighted by molar-refractivity contribution is 6.31. The third-order valence-corrected chi connectivity index (χ3v) is 18.0. The van der Waals surface area contributed by atoms with Gasteiger partial charge in [-0.3, -0.25) is 9.59 Å². The number of aromatic nitrogens is 4. The van der Waals surface area contributed by atoms with Crippen LogP contribution in [0.1, 0.15) is 210 Å². The lowest BCUT2D eigenvalue weighted by molar-refractivity contribution is -0.114. The molecule has 8 heterocycles. The molecule has 0 unspecified atom stereocenters. The van der Waals surface area contributed by atoms with Crippen LogP contribution in [0.5, 0.6) is 0 Å². The molecule has 0 saturated carbocycles. The Morgan fingerprint density at radius 2 is 0.723 bits per heavy atom. The molecule has 8 rings (SSSR count). The van der Waals surface area contributed by atoms with Gasteiger partial charge in [0, 0.05) is 72.9 Å². The van der Waals surface area contributed by atoms with Crippen molar-refractivity contribution in [1.29, 1.82) is 0 Å². The molecule has 0 saturated heterocycles. The lowest BCUT2D eigenvalue weighted by Crippen LogP contribution is -2.33. The van der Waals surface area contributed by atoms with Gasteiger partial charge in [-0.05, 0) is 222 Å². The molecule has 0 bridgehead atoms. The summed E-state index contributed by atoms with van der Waals surface area (Å²) in [4.78, 5) is 59.4. The van der Waals surface area contributed by atoms with E-state index in [9.17, 15) is 9.59 Å². The van der Waals surface area contributed by atoms with Crippen molar-refractivity contribution in [3.8, 4) is 0 Å². The number of nitrogens with zero attached hydrogens (tertiary/aromatic N) is 4. The zero-order chi connectivity index (χ0) is 60.5. The van der Waals surface area contributed by atoms with Crippen LogP contribution in [-0.2, 0) is 44.7 Å². The Balaban J connectivity index is 1.05. The average molecular weight is 1120 g/mol. The zero-order valence-corrected chi connectivity index (χ0v) is 53.6. The Hall–Kier alpha value is -7.34. The van der Waals surface area contributed by atoms with E-state index in [0.717, 1.165) is 152 Å². The minimum atomic E-state index is -0.167. The fraction of sp³-hybridized carbons (Fsp3) is 0.465. The van der Waals surface area contributed by atoms with Crippen LogP contribution in [0.25, 0.3) is 36.5 Å². The molecule has 4 aliphatic heterocycles. The van der Waals surface area contributed by atoms with Crippen molar-refractivity contribution in [3.63, 3.8) is 0 Å². The van der Waals surface area contributed by atoms with Gasteiger partial charge >= 0.3 is 0 Å². The third-order valence-electron chi connectivity index (χ3n) is 18.0. The first kappa shape index (κ1) is 61.7. The van der Waals surface area contributed by atoms with Gasteiger partial charge in [0.1, 0.15) is 12.2 Å². The second kappa shape index (κ2) is 25.7. The highest BCUT2D eigenvalue weighted by Gasteiger charge is 2.32. The number of aliphatic imine (C=N–C) groups is 4. The Bertz CT molecular complexity index is 3630. The second-order valence-corrected chi connectivity index (χ2v) is 23.6. The van der Waals surface area contributed by atoms with Gasteiger partial charge in [-0.25, -0.2) is 20.0 Å². The van der Waals surface area contributed by atoms with Gasteiger partial charge in [-0.2, -0.15) is 0 Å². The first-order valence-electron chi connectivity index (χ1n) is 30.8. The molecule has 2 amide bonds. The molecule has 4 aromatic heterocycles. The summed E-state index contributed by atoms with van der Waals surface area (Å²) < 4.78 is 14.1. The number of hydrogen-bond acceptors (Lipinski definition) is 6. The number of H-pyrrole nitrogens is 4. The summed E-state index contributed by atoms with van der Waals surface area (Å²) in [7, 11) is 0. The van der Waals surface area contributed by atoms with Gasteiger partial charge in [0.25, 0.3) is 11.8 Å². The summed E-state index contributed by atoms with van der Waals surface area (Å²) in [6, 6.07) is 0. The molecule has 440 valence electrons. The maximum atomic E-state index is 12.5. The van der Waals surface area contributed by atoms with Crippen LogP contribution in [0, 0.1) is 39.5 Å². The lowest BCUT2D eigenvalue weighted by Gasteiger charge is -2.30. The van der Waals surface area contributed by atoms with Crippen molar-refractivity contribution in [2.24, 2.45) is 31.8 Å². The maximum Gasteiger partial charge on any atom is 0.273 e. The molecule has 12 heteroatoms. The molecule has 4 aliphatic rings. The molecule has 2 atom stereocenters. The predicted octanol–water partition coefficient (Wildman–Crippen LogP) is 13.2. The van der Waals surface area contributed by atoms with Crippen LogP contribution in [0.15, 0.2) is 75.9 Å². The molecule has 12 nitrogen and oxygen atoms in total. The van der Waals surface area contributed by atoms with Crippen molar-refractivity contribution in [2.45, 2.75) is 208 Å². The van der Waals surface area contributed by atoms with Crippen LogP contribution in [0.4, 0.5) is 0 Å². The molecular formula is C71H92N8O4. The van der Waals surface area contributed by atoms with E-state index in [0.29, 0.717) is 18.2 Å². The standard InChI is InChI=1S/C71H92N8O4/c1-21-46-38(13)54(29-62-50(25-5)42(17)68(80)76-62)72-58(46)33-60-48(23-3)40(15)56(74-60)31-64-52(27-7)44(19)70(78-64)82-66(36(9)10)35-67(37(11)12)83-71-45(20)53(28-8)65(79-71)32-57-41(16)49(24-4)61(75-57)34-59-47(22-2)39(14)55(73-59)30-63-51(26-6)43(18)69(81)77-63/h29-34,36-37,66-67,72-75H,21-28,35H2,1-20H3/b54-29-,55-30+,58-33-,59-34-,64-31+,65-32-/t66-,67-/m1/s1. The van der Waals surface area contributed by atoms with Gasteiger partial charge in [0.2, 0.25) is 11.8 Å². The smallest absolute Gasteiger partial charge is 0.273 e. The van der Waals surface area contributed by atoms with Gasteiger partial charge < -0.3 is 29.4 Å². The zero-order valence-electron chi connectivity index (χ0n) is 53.6. The van der Waals surface area contributed by atoms with Gasteiger partial charge in [0.05, 0.1) is 22.8 Å². The second-order valence-electron chi connectivity index (χ2n) is 23.6. The van der Waals surface area contributed by atoms with Crippen molar-refractivity contribution in [1.82, 2.24) is 19.9 Å². The van der Waals surface area contributed by atoms with E-state index in [-0.39, 0.29) is 35.9 Å². The summed E-state index contributed by atoms with van der Waals surface area (Å²) in [5, 5.41) is 4.08. The Morgan fingerprint density at radius 1 is 0.373 bits per heavy atom. The summed E-state index contributed by atoms with van der Waals surface area (Å²) in [5.74, 6) is 1.43. The van der Waals surface area contributed by atoms with E-state index >= 15 is 0 Å². The van der Waals surface area contributed by atoms with Crippen molar-refractivity contribution in [3.05, 3.63) is 145 Å². The first-order chi connectivity index (χ1) is 39.6. The molecule has 0 radical (unpaired) electrons. The highest BCUT2D eigenvalue weighted by atomic mass is 16.5. The van der Waals surface area contributed by atoms with Crippen molar-refractivity contribution in [2.75, 3.05) is 0 Å². The van der Waals surface area contributed by atoms with E-state index in [1.54, 1.807) is 0 Å². The average Bonchev–Trinajstić information content (AvgIpc) is 4.37. The summed E-state index contributed by atoms with van der Waals surface area (Å²) in [6.07, 6.45) is 19.9. The van der Waals surface area contributed by atoms with E-state index in [2.05, 4.69) is 179 Å². The molecule has 83 heavy (non-hydrogen) atoms. The largest absolute Gasteiger partial charge is 0.474 e. The van der Waals surface area contributed by atoms with Crippen LogP contribution in [0.2, 0.25) is 0 Å². The minimum absolute atomic E-state index is 0.145. The van der Waals surface area contributed by atoms with Gasteiger partial charge in [-0.1, -0.05) is 83.1 Å². The van der Waals surface area contributed by atoms with Crippen LogP contribution in [0.3, 0.4) is 0 Å². The Kier molecular flexibility index (Phi) is 19.1. The van der Waals surface area contributed by atoms with E-state index in [1.807, 2.05) is 26.0 Å². The van der Waals surface area contributed by atoms with Crippen LogP contribution >= 0.6 is 0 Å². The number of aromatic amines is 4. The Labute approximate surface area is 493 Å². The van der Waals surface area contributed by atoms with E-state index in [1.165, 1.54) is 55.7 Å². The minimum Gasteiger partial charge on any atom is -0.474 e. The number of carbonyl (C=O) groups is 2. The van der Waals surface area contributed by atoms with E-state index < -0.39 is 0 Å². The molecule has 0 fully saturated rings. The van der Waals surface area contributed by atoms with Crippen molar-refractivity contribution >= 4 is 71.5 Å². The monoisotopic (exact) mass is 1120 g/mol. The molecule has 0 aliphatic carbocycles. The quantitative estimate of drug-likeness (QED) is 0.0692. The summed E-state index contributed by atoms with van der Waals surface area (Å²) in [5.41, 5.74) is 25.3. The predicted molar refractivity (Wildman–Crippen MR) is 346 cm³/mol. The number of nitrogens with one attached hydrogen (secondary N) is 4. The number of hydrogen-bond donors (Lipinski definition) is 4. The number of rotatable bonds is 20. The third kappa shape index (κ3) is 12.1. The van der Waals surface area contributed by atoms with Gasteiger partial charge in [0.15, 0.2) is 0 Å². The molecular weight excluding hydrogens is 1030 g/mol.